The van der Waals surface area contributed by atoms with Crippen molar-refractivity contribution in [2.45, 2.75) is 13.5 Å². The minimum atomic E-state index is 0.632. The van der Waals surface area contributed by atoms with Crippen molar-refractivity contribution in [3.8, 4) is 5.69 Å². The van der Waals surface area contributed by atoms with Crippen molar-refractivity contribution in [3.63, 3.8) is 0 Å². The molecule has 84 valence electrons. The summed E-state index contributed by atoms with van der Waals surface area (Å²) in [6, 6.07) is 6.00. The van der Waals surface area contributed by atoms with Crippen LogP contribution in [-0.2, 0) is 6.54 Å². The average molecular weight is 282 g/mol. The molecule has 0 aliphatic rings. The van der Waals surface area contributed by atoms with Gasteiger partial charge in [0.25, 0.3) is 0 Å². The first-order valence-electron chi connectivity index (χ1n) is 4.91. The van der Waals surface area contributed by atoms with Crippen LogP contribution in [0.15, 0.2) is 22.7 Å². The minimum absolute atomic E-state index is 0.632. The van der Waals surface area contributed by atoms with Crippen LogP contribution in [0.3, 0.4) is 0 Å². The van der Waals surface area contributed by atoms with E-state index >= 15 is 0 Å². The third-order valence-corrected chi connectivity index (χ3v) is 3.30. The fourth-order valence-electron chi connectivity index (χ4n) is 1.46. The quantitative estimate of drug-likeness (QED) is 0.925. The van der Waals surface area contributed by atoms with Crippen molar-refractivity contribution in [1.82, 2.24) is 25.5 Å². The van der Waals surface area contributed by atoms with Gasteiger partial charge >= 0.3 is 0 Å². The highest BCUT2D eigenvalue weighted by Crippen LogP contribution is 2.24. The molecule has 1 heterocycles. The summed E-state index contributed by atoms with van der Waals surface area (Å²) in [6.45, 7) is 2.67. The Balaban J connectivity index is 2.50. The van der Waals surface area contributed by atoms with Crippen LogP contribution in [-0.4, -0.2) is 27.3 Å². The van der Waals surface area contributed by atoms with Gasteiger partial charge in [0.1, 0.15) is 0 Å². The normalized spacial score (nSPS) is 10.7. The summed E-state index contributed by atoms with van der Waals surface area (Å²) >= 11 is 3.55. The van der Waals surface area contributed by atoms with Gasteiger partial charge in [-0.15, -0.1) is 5.10 Å². The van der Waals surface area contributed by atoms with Gasteiger partial charge < -0.3 is 5.32 Å². The zero-order chi connectivity index (χ0) is 11.5. The Hall–Kier alpha value is -1.27. The summed E-state index contributed by atoms with van der Waals surface area (Å²) in [7, 11) is 1.87. The standard InChI is InChI=1S/C10H12BrN5/c1-7-4-3-5-8(10(7)11)16-9(6-12-2)13-14-15-16/h3-5,12H,6H2,1-2H3. The number of rotatable bonds is 3. The number of halogens is 1. The van der Waals surface area contributed by atoms with E-state index in [2.05, 4.69) is 36.8 Å². The third-order valence-electron chi connectivity index (χ3n) is 2.27. The smallest absolute Gasteiger partial charge is 0.170 e. The topological polar surface area (TPSA) is 55.6 Å². The molecule has 1 aromatic carbocycles. The van der Waals surface area contributed by atoms with E-state index in [0.29, 0.717) is 6.54 Å². The number of aromatic nitrogens is 4. The van der Waals surface area contributed by atoms with Crippen LogP contribution < -0.4 is 5.32 Å². The van der Waals surface area contributed by atoms with Crippen molar-refractivity contribution in [2.75, 3.05) is 7.05 Å². The van der Waals surface area contributed by atoms with Crippen LogP contribution in [0.2, 0.25) is 0 Å². The molecule has 0 atom stereocenters. The van der Waals surface area contributed by atoms with Crippen LogP contribution in [0, 0.1) is 6.92 Å². The summed E-state index contributed by atoms with van der Waals surface area (Å²) < 4.78 is 2.74. The lowest BCUT2D eigenvalue weighted by molar-refractivity contribution is 0.707. The number of aryl methyl sites for hydroxylation is 1. The molecule has 0 aliphatic heterocycles. The molecule has 6 heteroatoms. The Morgan fingerprint density at radius 1 is 1.44 bits per heavy atom. The van der Waals surface area contributed by atoms with Crippen molar-refractivity contribution in [3.05, 3.63) is 34.1 Å². The second-order valence-electron chi connectivity index (χ2n) is 3.45. The molecule has 0 saturated carbocycles. The maximum Gasteiger partial charge on any atom is 0.170 e. The van der Waals surface area contributed by atoms with Gasteiger partial charge in [-0.3, -0.25) is 0 Å². The van der Waals surface area contributed by atoms with Gasteiger partial charge in [0.2, 0.25) is 0 Å². The summed E-state index contributed by atoms with van der Waals surface area (Å²) in [5, 5.41) is 14.7. The van der Waals surface area contributed by atoms with Crippen LogP contribution in [0.25, 0.3) is 5.69 Å². The number of nitrogens with one attached hydrogen (secondary N) is 1. The Bertz CT molecular complexity index is 494. The van der Waals surface area contributed by atoms with Gasteiger partial charge in [0.05, 0.1) is 12.2 Å². The molecule has 0 unspecified atom stereocenters. The van der Waals surface area contributed by atoms with E-state index in [-0.39, 0.29) is 0 Å². The van der Waals surface area contributed by atoms with E-state index in [1.54, 1.807) is 4.68 Å². The molecule has 0 bridgehead atoms. The first kappa shape index (κ1) is 11.2. The van der Waals surface area contributed by atoms with Gasteiger partial charge in [-0.1, -0.05) is 12.1 Å². The number of hydrogen-bond donors (Lipinski definition) is 1. The zero-order valence-electron chi connectivity index (χ0n) is 9.11. The Morgan fingerprint density at radius 3 is 3.00 bits per heavy atom. The van der Waals surface area contributed by atoms with Crippen LogP contribution in [0.4, 0.5) is 0 Å². The van der Waals surface area contributed by atoms with Crippen LogP contribution >= 0.6 is 15.9 Å². The van der Waals surface area contributed by atoms with E-state index in [4.69, 9.17) is 0 Å². The SMILES string of the molecule is CNCc1nnnn1-c1cccc(C)c1Br. The van der Waals surface area contributed by atoms with E-state index in [9.17, 15) is 0 Å². The molecule has 16 heavy (non-hydrogen) atoms. The summed E-state index contributed by atoms with van der Waals surface area (Å²) in [5.41, 5.74) is 2.11. The third kappa shape index (κ3) is 1.98. The Labute approximate surface area is 102 Å². The lowest BCUT2D eigenvalue weighted by atomic mass is 10.2. The lowest BCUT2D eigenvalue weighted by Gasteiger charge is -2.08. The second-order valence-corrected chi connectivity index (χ2v) is 4.24. The van der Waals surface area contributed by atoms with Gasteiger partial charge in [-0.05, 0) is 52.0 Å². The van der Waals surface area contributed by atoms with Gasteiger partial charge in [0.15, 0.2) is 5.82 Å². The molecule has 0 spiro atoms. The molecule has 5 nitrogen and oxygen atoms in total. The van der Waals surface area contributed by atoms with Crippen molar-refractivity contribution < 1.29 is 0 Å². The molecular weight excluding hydrogens is 270 g/mol. The van der Waals surface area contributed by atoms with E-state index in [0.717, 1.165) is 21.5 Å². The number of hydrogen-bond acceptors (Lipinski definition) is 4. The first-order valence-corrected chi connectivity index (χ1v) is 5.70. The average Bonchev–Trinajstić information content (AvgIpc) is 2.71. The summed E-state index contributed by atoms with van der Waals surface area (Å²) in [4.78, 5) is 0. The van der Waals surface area contributed by atoms with Crippen LogP contribution in [0.5, 0.6) is 0 Å². The predicted molar refractivity (Wildman–Crippen MR) is 64.4 cm³/mol. The fraction of sp³-hybridized carbons (Fsp3) is 0.300. The highest BCUT2D eigenvalue weighted by molar-refractivity contribution is 9.10. The molecule has 1 aromatic heterocycles. The van der Waals surface area contributed by atoms with Crippen molar-refractivity contribution in [1.29, 1.82) is 0 Å². The largest absolute Gasteiger partial charge is 0.313 e. The van der Waals surface area contributed by atoms with Gasteiger partial charge in [-0.2, -0.15) is 4.68 Å². The monoisotopic (exact) mass is 281 g/mol. The first-order chi connectivity index (χ1) is 7.74. The molecule has 0 fully saturated rings. The lowest BCUT2D eigenvalue weighted by Crippen LogP contribution is -2.12. The molecule has 1 N–H and O–H groups in total. The Morgan fingerprint density at radius 2 is 2.25 bits per heavy atom. The van der Waals surface area contributed by atoms with Gasteiger partial charge in [-0.25, -0.2) is 0 Å². The highest BCUT2D eigenvalue weighted by atomic mass is 79.9. The zero-order valence-corrected chi connectivity index (χ0v) is 10.7. The van der Waals surface area contributed by atoms with Gasteiger partial charge in [0, 0.05) is 4.47 Å². The highest BCUT2D eigenvalue weighted by Gasteiger charge is 2.11. The van der Waals surface area contributed by atoms with E-state index < -0.39 is 0 Å². The number of tetrazole rings is 1. The van der Waals surface area contributed by atoms with Crippen LogP contribution in [0.1, 0.15) is 11.4 Å². The van der Waals surface area contributed by atoms with E-state index in [1.165, 1.54) is 0 Å². The molecule has 2 aromatic rings. The minimum Gasteiger partial charge on any atom is -0.313 e. The van der Waals surface area contributed by atoms with Crippen molar-refractivity contribution >= 4 is 15.9 Å². The second kappa shape index (κ2) is 4.71. The van der Waals surface area contributed by atoms with Crippen molar-refractivity contribution in [2.24, 2.45) is 0 Å². The molecule has 0 radical (unpaired) electrons. The van der Waals surface area contributed by atoms with E-state index in [1.807, 2.05) is 32.2 Å². The molecular formula is C10H12BrN5. The summed E-state index contributed by atoms with van der Waals surface area (Å²) in [5.74, 6) is 0.786. The maximum atomic E-state index is 3.99. The maximum absolute atomic E-state index is 3.99. The molecule has 0 aliphatic carbocycles. The molecule has 2 rings (SSSR count). The number of benzene rings is 1. The summed E-state index contributed by atoms with van der Waals surface area (Å²) in [6.07, 6.45) is 0. The Kier molecular flexibility index (Phi) is 3.31. The number of nitrogens with zero attached hydrogens (tertiary/aromatic N) is 4. The molecule has 0 saturated heterocycles. The molecule has 0 amide bonds. The predicted octanol–water partition coefficient (Wildman–Crippen LogP) is 1.45. The fourth-order valence-corrected chi connectivity index (χ4v) is 1.89.